The van der Waals surface area contributed by atoms with Crippen molar-refractivity contribution in [1.82, 2.24) is 0 Å². The van der Waals surface area contributed by atoms with E-state index >= 15 is 0 Å². The molecule has 0 aromatic carbocycles. The van der Waals surface area contributed by atoms with E-state index in [0.29, 0.717) is 25.7 Å². The molecule has 0 fully saturated rings. The predicted octanol–water partition coefficient (Wildman–Crippen LogP) is 19.9. The van der Waals surface area contributed by atoms with Crippen LogP contribution in [0, 0.1) is 0 Å². The van der Waals surface area contributed by atoms with Crippen molar-refractivity contribution in [2.45, 2.75) is 316 Å². The van der Waals surface area contributed by atoms with Crippen LogP contribution in [0.4, 0.5) is 0 Å². The number of rotatable bonds is 67. The lowest BCUT2D eigenvalue weighted by molar-refractivity contribution is -0.161. The first-order chi connectivity index (χ1) is 44.7. The van der Waals surface area contributed by atoms with E-state index in [-0.39, 0.29) is 25.7 Å². The second kappa shape index (κ2) is 65.9. The molecular formula is C73H128O17P2. The van der Waals surface area contributed by atoms with E-state index in [0.717, 1.165) is 154 Å². The van der Waals surface area contributed by atoms with Crippen molar-refractivity contribution in [3.8, 4) is 0 Å². The van der Waals surface area contributed by atoms with E-state index in [1.54, 1.807) is 0 Å². The molecule has 0 saturated heterocycles. The summed E-state index contributed by atoms with van der Waals surface area (Å²) in [7, 11) is -9.94. The second-order valence-electron chi connectivity index (χ2n) is 23.8. The Labute approximate surface area is 557 Å². The summed E-state index contributed by atoms with van der Waals surface area (Å²) in [6.07, 6.45) is 64.6. The zero-order chi connectivity index (χ0) is 67.5. The number of aliphatic hydroxyl groups excluding tert-OH is 1. The van der Waals surface area contributed by atoms with Crippen LogP contribution in [0.25, 0.3) is 0 Å². The normalized spacial score (nSPS) is 14.6. The van der Waals surface area contributed by atoms with Crippen molar-refractivity contribution in [3.05, 3.63) is 85.1 Å². The number of phosphoric acid groups is 2. The molecular weight excluding hydrogens is 1210 g/mol. The van der Waals surface area contributed by atoms with Gasteiger partial charge in [-0.15, -0.1) is 0 Å². The minimum atomic E-state index is -4.97. The monoisotopic (exact) mass is 1340 g/mol. The fourth-order valence-corrected chi connectivity index (χ4v) is 10.9. The van der Waals surface area contributed by atoms with E-state index < -0.39 is 97.5 Å². The quantitative estimate of drug-likeness (QED) is 0.0169. The van der Waals surface area contributed by atoms with Gasteiger partial charge in [-0.1, -0.05) is 248 Å². The lowest BCUT2D eigenvalue weighted by atomic mass is 10.1. The number of phosphoric ester groups is 2. The number of unbranched alkanes of at least 4 members (excludes halogenated alkanes) is 27. The number of carbonyl (C=O) groups is 4. The minimum Gasteiger partial charge on any atom is -0.462 e. The number of hydrogen-bond donors (Lipinski definition) is 3. The number of aliphatic hydroxyl groups is 1. The van der Waals surface area contributed by atoms with Gasteiger partial charge in [0.05, 0.1) is 26.4 Å². The molecule has 0 aromatic heterocycles. The van der Waals surface area contributed by atoms with Crippen molar-refractivity contribution in [2.75, 3.05) is 39.6 Å². The van der Waals surface area contributed by atoms with E-state index in [4.69, 9.17) is 37.0 Å². The molecule has 5 unspecified atom stereocenters. The van der Waals surface area contributed by atoms with Crippen molar-refractivity contribution < 1.29 is 80.2 Å². The third-order valence-electron chi connectivity index (χ3n) is 14.8. The first-order valence-electron chi connectivity index (χ1n) is 35.8. The first-order valence-corrected chi connectivity index (χ1v) is 38.8. The Balaban J connectivity index is 5.30. The van der Waals surface area contributed by atoms with E-state index in [1.165, 1.54) is 64.2 Å². The molecule has 0 aliphatic rings. The highest BCUT2D eigenvalue weighted by Crippen LogP contribution is 2.45. The van der Waals surface area contributed by atoms with Crippen molar-refractivity contribution in [1.29, 1.82) is 0 Å². The number of carbonyl (C=O) groups excluding carboxylic acids is 4. The van der Waals surface area contributed by atoms with Gasteiger partial charge >= 0.3 is 39.5 Å². The Morgan fingerprint density at radius 1 is 0.315 bits per heavy atom. The number of ether oxygens (including phenoxy) is 4. The van der Waals surface area contributed by atoms with Gasteiger partial charge in [0.15, 0.2) is 12.2 Å². The standard InChI is InChI=1S/C73H128O17P2/c1-5-9-13-17-21-25-29-30-31-32-33-34-35-36-40-42-46-50-54-58-71(76)84-64-69(90-73(78)60-56-52-48-44-39-28-24-20-16-12-8-4)66-88-92(81,82)86-62-67(74)61-85-91(79,80)87-65-68(89-72(77)59-55-51-47-43-38-27-23-19-15-11-7-3)63-83-70(75)57-53-49-45-41-37-26-22-18-14-10-6-2/h9,13,18,20-22,24-25,30-31,33-34,36,40,67-69,74H,5-8,10-12,14-17,19,23,26-29,32,35,37-39,41-66H2,1-4H3,(H,79,80)(H,81,82)/b13-9-,22-18-,24-20-,25-21-,31-30-,34-33-,40-36-. The van der Waals surface area contributed by atoms with E-state index in [9.17, 15) is 43.2 Å². The van der Waals surface area contributed by atoms with Gasteiger partial charge in [-0.2, -0.15) is 0 Å². The highest BCUT2D eigenvalue weighted by molar-refractivity contribution is 7.47. The predicted molar refractivity (Wildman–Crippen MR) is 372 cm³/mol. The number of hydrogen-bond acceptors (Lipinski definition) is 15. The first kappa shape index (κ1) is 88.2. The molecule has 0 rings (SSSR count). The topological polar surface area (TPSA) is 237 Å². The summed E-state index contributed by atoms with van der Waals surface area (Å²) in [5.41, 5.74) is 0. The van der Waals surface area contributed by atoms with E-state index in [1.807, 2.05) is 0 Å². The van der Waals surface area contributed by atoms with Crippen LogP contribution >= 0.6 is 15.6 Å². The Kier molecular flexibility index (Phi) is 63.2. The number of allylic oxidation sites excluding steroid dienone is 14. The molecule has 3 N–H and O–H groups in total. The molecule has 92 heavy (non-hydrogen) atoms. The maximum absolute atomic E-state index is 13.0. The molecule has 0 aromatic rings. The number of esters is 4. The molecule has 17 nitrogen and oxygen atoms in total. The van der Waals surface area contributed by atoms with Crippen LogP contribution in [-0.2, 0) is 65.4 Å². The molecule has 19 heteroatoms. The van der Waals surface area contributed by atoms with Gasteiger partial charge in [0.25, 0.3) is 0 Å². The molecule has 0 spiro atoms. The fraction of sp³-hybridized carbons (Fsp3) is 0.753. The largest absolute Gasteiger partial charge is 0.472 e. The smallest absolute Gasteiger partial charge is 0.462 e. The van der Waals surface area contributed by atoms with Gasteiger partial charge in [0.1, 0.15) is 19.3 Å². The van der Waals surface area contributed by atoms with Crippen molar-refractivity contribution in [3.63, 3.8) is 0 Å². The van der Waals surface area contributed by atoms with Crippen LogP contribution in [-0.4, -0.2) is 96.7 Å². The Bertz CT molecular complexity index is 2090. The molecule has 0 aliphatic heterocycles. The lowest BCUT2D eigenvalue weighted by Crippen LogP contribution is -2.30. The third kappa shape index (κ3) is 64.9. The van der Waals surface area contributed by atoms with Gasteiger partial charge in [-0.3, -0.25) is 37.3 Å². The van der Waals surface area contributed by atoms with Gasteiger partial charge in [-0.25, -0.2) is 9.13 Å². The van der Waals surface area contributed by atoms with Crippen LogP contribution in [0.3, 0.4) is 0 Å². The highest BCUT2D eigenvalue weighted by atomic mass is 31.2. The molecule has 0 heterocycles. The summed E-state index contributed by atoms with van der Waals surface area (Å²) < 4.78 is 68.1. The van der Waals surface area contributed by atoms with Gasteiger partial charge in [0.2, 0.25) is 0 Å². The van der Waals surface area contributed by atoms with Crippen LogP contribution in [0.5, 0.6) is 0 Å². The maximum atomic E-state index is 13.0. The molecule has 0 radical (unpaired) electrons. The van der Waals surface area contributed by atoms with E-state index in [2.05, 4.69) is 113 Å². The Hall–Kier alpha value is -3.76. The fourth-order valence-electron chi connectivity index (χ4n) is 9.33. The molecule has 0 aliphatic carbocycles. The molecule has 532 valence electrons. The average Bonchev–Trinajstić information content (AvgIpc) is 2.26. The highest BCUT2D eigenvalue weighted by Gasteiger charge is 2.30. The van der Waals surface area contributed by atoms with Crippen LogP contribution in [0.15, 0.2) is 85.1 Å². The Morgan fingerprint density at radius 2 is 0.576 bits per heavy atom. The van der Waals surface area contributed by atoms with Gasteiger partial charge in [0, 0.05) is 25.7 Å². The summed E-state index contributed by atoms with van der Waals surface area (Å²) in [6.45, 7) is 4.61. The summed E-state index contributed by atoms with van der Waals surface area (Å²) in [6, 6.07) is 0. The SMILES string of the molecule is CC/C=C\C/C=C\C/C=C\C/C=C\C/C=C\CCCCCC(=O)OCC(COP(=O)(O)OCC(O)COP(=O)(O)OCC(COC(=O)CCCCCCC/C=C\CCCC)OC(=O)CCCCCCCCCCCCC)OC(=O)CCCCCCC/C=C\CCCC. The maximum Gasteiger partial charge on any atom is 0.472 e. The van der Waals surface area contributed by atoms with Crippen molar-refractivity contribution in [2.24, 2.45) is 0 Å². The molecule has 0 amide bonds. The van der Waals surface area contributed by atoms with Crippen LogP contribution in [0.1, 0.15) is 297 Å². The molecule has 0 saturated carbocycles. The van der Waals surface area contributed by atoms with Crippen LogP contribution < -0.4 is 0 Å². The minimum absolute atomic E-state index is 0.0774. The van der Waals surface area contributed by atoms with Crippen molar-refractivity contribution >= 4 is 39.5 Å². The average molecular weight is 1340 g/mol. The summed E-state index contributed by atoms with van der Waals surface area (Å²) in [4.78, 5) is 72.5. The molecule has 0 bridgehead atoms. The van der Waals surface area contributed by atoms with Gasteiger partial charge in [-0.05, 0) is 109 Å². The van der Waals surface area contributed by atoms with Gasteiger partial charge < -0.3 is 33.8 Å². The lowest BCUT2D eigenvalue weighted by Gasteiger charge is -2.21. The zero-order valence-corrected chi connectivity index (χ0v) is 59.5. The Morgan fingerprint density at radius 3 is 0.924 bits per heavy atom. The summed E-state index contributed by atoms with van der Waals surface area (Å²) in [5, 5.41) is 10.6. The summed E-state index contributed by atoms with van der Waals surface area (Å²) in [5.74, 6) is -2.22. The van der Waals surface area contributed by atoms with Crippen LogP contribution in [0.2, 0.25) is 0 Å². The second-order valence-corrected chi connectivity index (χ2v) is 26.7. The zero-order valence-electron chi connectivity index (χ0n) is 57.7. The molecule has 5 atom stereocenters. The third-order valence-corrected chi connectivity index (χ3v) is 16.7. The summed E-state index contributed by atoms with van der Waals surface area (Å²) >= 11 is 0.